The van der Waals surface area contributed by atoms with Crippen LogP contribution < -0.4 is 0 Å². The van der Waals surface area contributed by atoms with Crippen LogP contribution in [0.4, 0.5) is 0 Å². The van der Waals surface area contributed by atoms with Gasteiger partial charge in [-0.25, -0.2) is 0 Å². The molecule has 0 aliphatic rings. The summed E-state index contributed by atoms with van der Waals surface area (Å²) in [6, 6.07) is 0. The number of nitrogens with zero attached hydrogens (tertiary/aromatic N) is 1. The number of hydrogen-bond donors (Lipinski definition) is 0. The maximum atomic E-state index is 4.13. The predicted octanol–water partition coefficient (Wildman–Crippen LogP) is 3.10. The molecule has 60 valence electrons. The Morgan fingerprint density at radius 2 is 2.27 bits per heavy atom. The molecule has 0 saturated carbocycles. The van der Waals surface area contributed by atoms with Crippen LogP contribution in [0.5, 0.6) is 0 Å². The second kappa shape index (κ2) is 5.70. The van der Waals surface area contributed by atoms with Crippen molar-refractivity contribution < 1.29 is 0 Å². The Kier molecular flexibility index (Phi) is 5.14. The highest BCUT2D eigenvalue weighted by Crippen LogP contribution is 1.98. The molecule has 1 nitrogen and oxygen atoms in total. The lowest BCUT2D eigenvalue weighted by Crippen LogP contribution is -1.81. The van der Waals surface area contributed by atoms with Crippen molar-refractivity contribution in [2.45, 2.75) is 27.2 Å². The van der Waals surface area contributed by atoms with Gasteiger partial charge in [-0.05, 0) is 25.8 Å². The van der Waals surface area contributed by atoms with E-state index in [9.17, 15) is 0 Å². The SMILES string of the molecule is C=C=C(C)N=C/C(=C\C)CC. The Labute approximate surface area is 68.9 Å². The van der Waals surface area contributed by atoms with Gasteiger partial charge >= 0.3 is 0 Å². The molecule has 0 radical (unpaired) electrons. The van der Waals surface area contributed by atoms with Gasteiger partial charge in [-0.1, -0.05) is 19.6 Å². The number of aliphatic imine (C=N–C) groups is 1. The zero-order valence-electron chi connectivity index (χ0n) is 7.52. The van der Waals surface area contributed by atoms with Crippen LogP contribution in [0.3, 0.4) is 0 Å². The monoisotopic (exact) mass is 149 g/mol. The minimum Gasteiger partial charge on any atom is -0.253 e. The Hall–Kier alpha value is -1.07. The smallest absolute Gasteiger partial charge is 0.0783 e. The van der Waals surface area contributed by atoms with Gasteiger partial charge in [-0.15, -0.1) is 5.73 Å². The minimum absolute atomic E-state index is 0.831. The van der Waals surface area contributed by atoms with Crippen LogP contribution in [0.2, 0.25) is 0 Å². The van der Waals surface area contributed by atoms with Crippen molar-refractivity contribution in [3.63, 3.8) is 0 Å². The van der Waals surface area contributed by atoms with E-state index in [4.69, 9.17) is 0 Å². The van der Waals surface area contributed by atoms with E-state index in [1.54, 1.807) is 0 Å². The summed E-state index contributed by atoms with van der Waals surface area (Å²) < 4.78 is 0. The molecule has 0 spiro atoms. The van der Waals surface area contributed by atoms with E-state index in [2.05, 4.69) is 30.3 Å². The van der Waals surface area contributed by atoms with Crippen molar-refractivity contribution in [2.24, 2.45) is 4.99 Å². The van der Waals surface area contributed by atoms with E-state index < -0.39 is 0 Å². The highest BCUT2D eigenvalue weighted by atomic mass is 14.7. The van der Waals surface area contributed by atoms with Crippen LogP contribution in [-0.4, -0.2) is 6.21 Å². The predicted molar refractivity (Wildman–Crippen MR) is 50.9 cm³/mol. The minimum atomic E-state index is 0.831. The average Bonchev–Trinajstić information content (AvgIpc) is 2.06. The summed E-state index contributed by atoms with van der Waals surface area (Å²) in [5.41, 5.74) is 4.78. The molecule has 0 unspecified atom stereocenters. The van der Waals surface area contributed by atoms with E-state index in [1.807, 2.05) is 20.1 Å². The molecule has 1 heteroatoms. The van der Waals surface area contributed by atoms with Crippen molar-refractivity contribution in [2.75, 3.05) is 0 Å². The fourth-order valence-corrected chi connectivity index (χ4v) is 0.595. The second-order valence-corrected chi connectivity index (χ2v) is 2.24. The summed E-state index contributed by atoms with van der Waals surface area (Å²) in [6.07, 6.45) is 4.93. The summed E-state index contributed by atoms with van der Waals surface area (Å²) in [6.45, 7) is 9.49. The highest BCUT2D eigenvalue weighted by Gasteiger charge is 1.84. The Morgan fingerprint density at radius 1 is 1.64 bits per heavy atom. The van der Waals surface area contributed by atoms with Crippen LogP contribution >= 0.6 is 0 Å². The molecule has 0 fully saturated rings. The van der Waals surface area contributed by atoms with Gasteiger partial charge in [0.2, 0.25) is 0 Å². The zero-order chi connectivity index (χ0) is 8.69. The summed E-state index contributed by atoms with van der Waals surface area (Å²) >= 11 is 0. The van der Waals surface area contributed by atoms with Gasteiger partial charge in [0.1, 0.15) is 0 Å². The fourth-order valence-electron chi connectivity index (χ4n) is 0.595. The first-order valence-electron chi connectivity index (χ1n) is 3.80. The maximum Gasteiger partial charge on any atom is 0.0783 e. The third-order valence-electron chi connectivity index (χ3n) is 1.46. The van der Waals surface area contributed by atoms with Crippen LogP contribution in [-0.2, 0) is 0 Å². The molecule has 0 aromatic rings. The Bertz CT molecular complexity index is 215. The van der Waals surface area contributed by atoms with Crippen LogP contribution in [0.15, 0.2) is 34.6 Å². The van der Waals surface area contributed by atoms with Crippen LogP contribution in [0.1, 0.15) is 27.2 Å². The molecule has 0 heterocycles. The summed E-state index contributed by atoms with van der Waals surface area (Å²) in [7, 11) is 0. The van der Waals surface area contributed by atoms with E-state index in [1.165, 1.54) is 5.57 Å². The number of hydrogen-bond acceptors (Lipinski definition) is 1. The van der Waals surface area contributed by atoms with E-state index in [0.29, 0.717) is 0 Å². The molecule has 0 atom stereocenters. The first-order valence-corrected chi connectivity index (χ1v) is 3.80. The van der Waals surface area contributed by atoms with Crippen LogP contribution in [0, 0.1) is 0 Å². The Balaban J connectivity index is 4.23. The lowest BCUT2D eigenvalue weighted by Gasteiger charge is -1.92. The van der Waals surface area contributed by atoms with Gasteiger partial charge in [0.05, 0.1) is 5.70 Å². The molecule has 11 heavy (non-hydrogen) atoms. The van der Waals surface area contributed by atoms with E-state index in [-0.39, 0.29) is 0 Å². The van der Waals surface area contributed by atoms with Crippen molar-refractivity contribution >= 4 is 6.21 Å². The van der Waals surface area contributed by atoms with E-state index in [0.717, 1.165) is 12.1 Å². The third kappa shape index (κ3) is 4.35. The molecule has 0 rings (SSSR count). The number of rotatable bonds is 3. The van der Waals surface area contributed by atoms with E-state index >= 15 is 0 Å². The molecule has 0 aromatic carbocycles. The summed E-state index contributed by atoms with van der Waals surface area (Å²) in [4.78, 5) is 4.13. The van der Waals surface area contributed by atoms with Crippen molar-refractivity contribution in [1.82, 2.24) is 0 Å². The molecule has 0 aromatic heterocycles. The summed E-state index contributed by atoms with van der Waals surface area (Å²) in [5, 5.41) is 0. The first kappa shape index (κ1) is 9.93. The molecule has 0 amide bonds. The third-order valence-corrected chi connectivity index (χ3v) is 1.46. The van der Waals surface area contributed by atoms with Gasteiger partial charge in [-0.2, -0.15) is 0 Å². The van der Waals surface area contributed by atoms with Crippen LogP contribution in [0.25, 0.3) is 0 Å². The largest absolute Gasteiger partial charge is 0.253 e. The van der Waals surface area contributed by atoms with Gasteiger partial charge < -0.3 is 0 Å². The zero-order valence-corrected chi connectivity index (χ0v) is 7.52. The van der Waals surface area contributed by atoms with Crippen molar-refractivity contribution in [1.29, 1.82) is 0 Å². The molecule has 0 aliphatic heterocycles. The molecule has 0 N–H and O–H groups in total. The second-order valence-electron chi connectivity index (χ2n) is 2.24. The molecular formula is C10H15N. The molecular weight excluding hydrogens is 134 g/mol. The molecule has 0 bridgehead atoms. The van der Waals surface area contributed by atoms with Gasteiger partial charge in [0.15, 0.2) is 0 Å². The standard InChI is InChI=1S/C10H15N/c1-5-9(4)11-8-10(6-2)7-3/h6,8H,1,7H2,2-4H3/b10-6-,11-8?. The molecule has 0 saturated heterocycles. The molecule has 0 aliphatic carbocycles. The Morgan fingerprint density at radius 3 is 2.64 bits per heavy atom. The average molecular weight is 149 g/mol. The number of allylic oxidation sites excluding steroid dienone is 3. The van der Waals surface area contributed by atoms with Crippen molar-refractivity contribution in [3.8, 4) is 0 Å². The van der Waals surface area contributed by atoms with Gasteiger partial charge in [0, 0.05) is 6.21 Å². The summed E-state index contributed by atoms with van der Waals surface area (Å²) in [5.74, 6) is 0. The fraction of sp³-hybridized carbons (Fsp3) is 0.400. The van der Waals surface area contributed by atoms with Crippen molar-refractivity contribution in [3.05, 3.63) is 29.7 Å². The highest BCUT2D eigenvalue weighted by molar-refractivity contribution is 5.78. The normalized spacial score (nSPS) is 11.7. The van der Waals surface area contributed by atoms with Gasteiger partial charge in [-0.3, -0.25) is 4.99 Å². The lowest BCUT2D eigenvalue weighted by molar-refractivity contribution is 1.17. The first-order chi connectivity index (χ1) is 5.24. The quantitative estimate of drug-likeness (QED) is 0.432. The topological polar surface area (TPSA) is 12.4 Å². The lowest BCUT2D eigenvalue weighted by atomic mass is 10.2. The maximum absolute atomic E-state index is 4.13. The van der Waals surface area contributed by atoms with Gasteiger partial charge in [0.25, 0.3) is 0 Å².